The molecule has 0 atom stereocenters. The number of ether oxygens (including phenoxy) is 1. The predicted octanol–water partition coefficient (Wildman–Crippen LogP) is 2.02. The van der Waals surface area contributed by atoms with Gasteiger partial charge in [-0.25, -0.2) is 9.78 Å². The first-order valence-corrected chi connectivity index (χ1v) is 7.18. The number of H-pyrrole nitrogens is 1. The second-order valence-corrected chi connectivity index (χ2v) is 5.33. The lowest BCUT2D eigenvalue weighted by atomic mass is 10.1. The maximum absolute atomic E-state index is 12.7. The Labute approximate surface area is 142 Å². The van der Waals surface area contributed by atoms with Gasteiger partial charge >= 0.3 is 12.1 Å². The fourth-order valence-electron chi connectivity index (χ4n) is 2.31. The number of aromatic carboxylic acids is 1. The highest BCUT2D eigenvalue weighted by Gasteiger charge is 2.35. The van der Waals surface area contributed by atoms with E-state index in [0.717, 1.165) is 6.07 Å². The molecule has 3 aromatic rings. The number of hydrogen-bond donors (Lipinski definition) is 2. The zero-order chi connectivity index (χ0) is 19.1. The van der Waals surface area contributed by atoms with Crippen LogP contribution in [0.4, 0.5) is 13.2 Å². The van der Waals surface area contributed by atoms with E-state index in [1.54, 1.807) is 19.1 Å². The van der Waals surface area contributed by atoms with Gasteiger partial charge < -0.3 is 9.84 Å². The third-order valence-electron chi connectivity index (χ3n) is 3.48. The van der Waals surface area contributed by atoms with Crippen molar-refractivity contribution in [3.63, 3.8) is 0 Å². The minimum atomic E-state index is -4.76. The second kappa shape index (κ2) is 6.17. The summed E-state index contributed by atoms with van der Waals surface area (Å²) in [5.74, 6) is -2.96. The maximum atomic E-state index is 12.7. The van der Waals surface area contributed by atoms with Crippen LogP contribution in [0.15, 0.2) is 29.1 Å². The quantitative estimate of drug-likeness (QED) is 0.729. The third kappa shape index (κ3) is 3.23. The number of hydrogen-bond acceptors (Lipinski definition) is 5. The van der Waals surface area contributed by atoms with Gasteiger partial charge in [0.25, 0.3) is 11.3 Å². The van der Waals surface area contributed by atoms with E-state index in [0.29, 0.717) is 10.1 Å². The molecule has 0 radical (unpaired) electrons. The molecule has 0 spiro atoms. The fourth-order valence-corrected chi connectivity index (χ4v) is 2.31. The zero-order valence-electron chi connectivity index (χ0n) is 13.2. The molecule has 0 fully saturated rings. The van der Waals surface area contributed by atoms with Crippen LogP contribution in [0.5, 0.6) is 5.75 Å². The van der Waals surface area contributed by atoms with Crippen molar-refractivity contribution in [2.24, 2.45) is 0 Å². The summed E-state index contributed by atoms with van der Waals surface area (Å²) in [6.45, 7) is 1.28. The summed E-state index contributed by atoms with van der Waals surface area (Å²) in [4.78, 5) is 30.3. The summed E-state index contributed by atoms with van der Waals surface area (Å²) in [6, 6.07) is 5.58. The van der Waals surface area contributed by atoms with Crippen LogP contribution in [0.3, 0.4) is 0 Å². The largest absolute Gasteiger partial charge is 0.486 e. The first kappa shape index (κ1) is 17.5. The Morgan fingerprint density at radius 1 is 1.35 bits per heavy atom. The number of nitrogens with one attached hydrogen (secondary N) is 1. The summed E-state index contributed by atoms with van der Waals surface area (Å²) in [5, 5.41) is 11.1. The Balaban J connectivity index is 1.92. The number of carboxylic acid groups (broad SMARTS) is 1. The summed E-state index contributed by atoms with van der Waals surface area (Å²) in [5.41, 5.74) is -0.377. The Morgan fingerprint density at radius 3 is 2.73 bits per heavy atom. The Morgan fingerprint density at radius 2 is 2.08 bits per heavy atom. The van der Waals surface area contributed by atoms with Gasteiger partial charge in [-0.3, -0.25) is 9.89 Å². The van der Waals surface area contributed by atoms with Crippen molar-refractivity contribution in [3.05, 3.63) is 57.3 Å². The van der Waals surface area contributed by atoms with Gasteiger partial charge in [0.1, 0.15) is 17.9 Å². The summed E-state index contributed by atoms with van der Waals surface area (Å²) in [7, 11) is 0. The van der Waals surface area contributed by atoms with Gasteiger partial charge in [-0.05, 0) is 18.6 Å². The Kier molecular flexibility index (Phi) is 4.14. The van der Waals surface area contributed by atoms with E-state index in [2.05, 4.69) is 9.97 Å². The molecule has 11 heteroatoms. The number of rotatable bonds is 4. The van der Waals surface area contributed by atoms with Crippen LogP contribution in [0.1, 0.15) is 27.4 Å². The second-order valence-electron chi connectivity index (χ2n) is 5.33. The smallest absolute Gasteiger partial charge is 0.451 e. The number of alkyl halides is 3. The Hall–Kier alpha value is -3.37. The number of fused-ring (bicyclic) bond motifs is 1. The van der Waals surface area contributed by atoms with Gasteiger partial charge in [-0.2, -0.15) is 22.7 Å². The zero-order valence-corrected chi connectivity index (χ0v) is 13.2. The molecule has 0 amide bonds. The van der Waals surface area contributed by atoms with Crippen molar-refractivity contribution in [2.45, 2.75) is 19.7 Å². The van der Waals surface area contributed by atoms with Crippen molar-refractivity contribution >= 4 is 11.7 Å². The molecule has 2 N–H and O–H groups in total. The lowest BCUT2D eigenvalue weighted by Gasteiger charge is -2.10. The molecule has 3 rings (SSSR count). The number of aryl methyl sites for hydroxylation is 1. The molecule has 136 valence electrons. The lowest BCUT2D eigenvalue weighted by Crippen LogP contribution is -2.17. The number of carboxylic acids is 1. The molecule has 1 aromatic carbocycles. The Bertz CT molecular complexity index is 1060. The van der Waals surface area contributed by atoms with E-state index in [9.17, 15) is 27.9 Å². The van der Waals surface area contributed by atoms with Gasteiger partial charge in [-0.15, -0.1) is 0 Å². The van der Waals surface area contributed by atoms with Crippen LogP contribution < -0.4 is 10.3 Å². The van der Waals surface area contributed by atoms with Crippen LogP contribution in [-0.2, 0) is 12.8 Å². The van der Waals surface area contributed by atoms with Crippen molar-refractivity contribution in [1.29, 1.82) is 0 Å². The minimum Gasteiger partial charge on any atom is -0.486 e. The first-order valence-electron chi connectivity index (χ1n) is 7.18. The molecule has 0 saturated heterocycles. The first-order chi connectivity index (χ1) is 12.2. The van der Waals surface area contributed by atoms with E-state index >= 15 is 0 Å². The van der Waals surface area contributed by atoms with Gasteiger partial charge in [0.15, 0.2) is 0 Å². The lowest BCUT2D eigenvalue weighted by molar-refractivity contribution is -0.144. The average molecular weight is 368 g/mol. The summed E-state index contributed by atoms with van der Waals surface area (Å²) < 4.78 is 44.0. The molecule has 2 aromatic heterocycles. The van der Waals surface area contributed by atoms with E-state index in [4.69, 9.17) is 4.74 Å². The monoisotopic (exact) mass is 368 g/mol. The van der Waals surface area contributed by atoms with Crippen LogP contribution >= 0.6 is 0 Å². The molecular formula is C15H11F3N4O4. The minimum absolute atomic E-state index is 0.00747. The predicted molar refractivity (Wildman–Crippen MR) is 81.1 cm³/mol. The molecule has 0 aliphatic rings. The number of carbonyl (C=O) groups is 1. The molecule has 0 unspecified atom stereocenters. The molecule has 26 heavy (non-hydrogen) atoms. The molecular weight excluding hydrogens is 357 g/mol. The molecule has 0 bridgehead atoms. The van der Waals surface area contributed by atoms with Crippen LogP contribution in [0, 0.1) is 6.92 Å². The van der Waals surface area contributed by atoms with Gasteiger partial charge in [0, 0.05) is 6.07 Å². The number of aromatic nitrogens is 4. The van der Waals surface area contributed by atoms with Crippen LogP contribution in [-0.4, -0.2) is 30.7 Å². The van der Waals surface area contributed by atoms with Gasteiger partial charge in [0.05, 0.1) is 5.69 Å². The van der Waals surface area contributed by atoms with Crippen molar-refractivity contribution in [2.75, 3.05) is 0 Å². The van der Waals surface area contributed by atoms with E-state index in [1.807, 2.05) is 5.10 Å². The van der Waals surface area contributed by atoms with Gasteiger partial charge in [-0.1, -0.05) is 12.1 Å². The number of nitrogens with zero attached hydrogens (tertiary/aromatic N) is 3. The normalized spacial score (nSPS) is 11.7. The molecule has 0 saturated carbocycles. The van der Waals surface area contributed by atoms with E-state index in [1.165, 1.54) is 6.07 Å². The highest BCUT2D eigenvalue weighted by atomic mass is 19.4. The van der Waals surface area contributed by atoms with Crippen molar-refractivity contribution in [3.8, 4) is 5.75 Å². The molecule has 2 heterocycles. The highest BCUT2D eigenvalue weighted by Crippen LogP contribution is 2.26. The number of benzene rings is 1. The summed E-state index contributed by atoms with van der Waals surface area (Å²) in [6.07, 6.45) is -4.76. The molecule has 0 aliphatic carbocycles. The number of halogens is 3. The number of aromatic amines is 1. The molecule has 0 aliphatic heterocycles. The molecule has 8 nitrogen and oxygen atoms in total. The highest BCUT2D eigenvalue weighted by molar-refractivity contribution is 5.92. The van der Waals surface area contributed by atoms with Crippen LogP contribution in [0.25, 0.3) is 5.78 Å². The van der Waals surface area contributed by atoms with Crippen LogP contribution in [0.2, 0.25) is 0 Å². The van der Waals surface area contributed by atoms with Crippen molar-refractivity contribution < 1.29 is 27.8 Å². The SMILES string of the molecule is Cc1cccc(OCc2cc(=O)n3[nH]c(C(F)(F)F)nc3n2)c1C(=O)O. The topological polar surface area (TPSA) is 110 Å². The third-order valence-corrected chi connectivity index (χ3v) is 3.48. The fraction of sp³-hybridized carbons (Fsp3) is 0.200. The van der Waals surface area contributed by atoms with Crippen molar-refractivity contribution in [1.82, 2.24) is 19.6 Å². The van der Waals surface area contributed by atoms with Gasteiger partial charge in [0.2, 0.25) is 5.82 Å². The van der Waals surface area contributed by atoms with E-state index < -0.39 is 29.3 Å². The maximum Gasteiger partial charge on any atom is 0.451 e. The standard InChI is InChI=1S/C15H11F3N4O4/c1-7-3-2-4-9(11(7)12(24)25)26-6-8-5-10(23)22-14(19-8)20-13(21-22)15(16,17)18/h2-5H,6H2,1H3,(H,24,25)(H,19,20,21). The van der Waals surface area contributed by atoms with E-state index in [-0.39, 0.29) is 23.6 Å². The average Bonchev–Trinajstić information content (AvgIpc) is 2.97. The summed E-state index contributed by atoms with van der Waals surface area (Å²) >= 11 is 0.